The standard InChI is InChI=1S/C12H14O4/c1-7-10(15-2)4-3-8-5-9(12(13)14)6-16-11(7)8/h3-4,9H,5-6H2,1-2H3,(H,13,14). The fourth-order valence-electron chi connectivity index (χ4n) is 1.98. The van der Waals surface area contributed by atoms with E-state index in [1.54, 1.807) is 7.11 Å². The molecule has 0 aliphatic carbocycles. The molecule has 0 aromatic heterocycles. The number of aliphatic carboxylic acids is 1. The second-order valence-corrected chi connectivity index (χ2v) is 3.93. The largest absolute Gasteiger partial charge is 0.496 e. The van der Waals surface area contributed by atoms with Gasteiger partial charge < -0.3 is 14.6 Å². The number of ether oxygens (including phenoxy) is 2. The zero-order chi connectivity index (χ0) is 11.7. The molecule has 1 unspecified atom stereocenters. The molecule has 0 saturated carbocycles. The molecular weight excluding hydrogens is 208 g/mol. The van der Waals surface area contributed by atoms with E-state index in [9.17, 15) is 4.79 Å². The third kappa shape index (κ3) is 1.71. The van der Waals surface area contributed by atoms with Gasteiger partial charge in [0, 0.05) is 5.56 Å². The number of hydrogen-bond acceptors (Lipinski definition) is 3. The molecule has 4 nitrogen and oxygen atoms in total. The second-order valence-electron chi connectivity index (χ2n) is 3.93. The van der Waals surface area contributed by atoms with Crippen LogP contribution in [0.2, 0.25) is 0 Å². The van der Waals surface area contributed by atoms with Gasteiger partial charge in [-0.25, -0.2) is 0 Å². The van der Waals surface area contributed by atoms with Crippen molar-refractivity contribution < 1.29 is 19.4 Å². The van der Waals surface area contributed by atoms with Gasteiger partial charge in [-0.05, 0) is 25.0 Å². The second kappa shape index (κ2) is 4.04. The number of carbonyl (C=O) groups is 1. The van der Waals surface area contributed by atoms with Crippen LogP contribution in [-0.2, 0) is 11.2 Å². The molecule has 1 aromatic carbocycles. The predicted molar refractivity (Wildman–Crippen MR) is 58.1 cm³/mol. The first-order chi connectivity index (χ1) is 7.63. The topological polar surface area (TPSA) is 55.8 Å². The van der Waals surface area contributed by atoms with E-state index in [4.69, 9.17) is 14.6 Å². The summed E-state index contributed by atoms with van der Waals surface area (Å²) in [5, 5.41) is 8.93. The van der Waals surface area contributed by atoms with Crippen LogP contribution in [-0.4, -0.2) is 24.8 Å². The van der Waals surface area contributed by atoms with Crippen LogP contribution in [0.5, 0.6) is 11.5 Å². The van der Waals surface area contributed by atoms with E-state index in [1.807, 2.05) is 19.1 Å². The number of methoxy groups -OCH3 is 1. The first-order valence-electron chi connectivity index (χ1n) is 5.15. The Morgan fingerprint density at radius 3 is 2.94 bits per heavy atom. The molecule has 1 aliphatic rings. The Morgan fingerprint density at radius 2 is 2.31 bits per heavy atom. The summed E-state index contributed by atoms with van der Waals surface area (Å²) in [4.78, 5) is 10.9. The molecule has 86 valence electrons. The number of carboxylic acids is 1. The van der Waals surface area contributed by atoms with Crippen molar-refractivity contribution >= 4 is 5.97 Å². The smallest absolute Gasteiger partial charge is 0.310 e. The molecule has 1 aromatic rings. The van der Waals surface area contributed by atoms with E-state index in [2.05, 4.69) is 0 Å². The molecule has 0 bridgehead atoms. The molecule has 0 radical (unpaired) electrons. The minimum absolute atomic E-state index is 0.232. The van der Waals surface area contributed by atoms with E-state index >= 15 is 0 Å². The number of benzene rings is 1. The lowest BCUT2D eigenvalue weighted by molar-refractivity contribution is -0.143. The van der Waals surface area contributed by atoms with Crippen LogP contribution in [0.4, 0.5) is 0 Å². The Kier molecular flexibility index (Phi) is 2.73. The Morgan fingerprint density at radius 1 is 1.56 bits per heavy atom. The molecule has 4 heteroatoms. The van der Waals surface area contributed by atoms with Crippen molar-refractivity contribution in [2.75, 3.05) is 13.7 Å². The average molecular weight is 222 g/mol. The van der Waals surface area contributed by atoms with Crippen molar-refractivity contribution in [1.82, 2.24) is 0 Å². The fourth-order valence-corrected chi connectivity index (χ4v) is 1.98. The summed E-state index contributed by atoms with van der Waals surface area (Å²) in [7, 11) is 1.61. The zero-order valence-corrected chi connectivity index (χ0v) is 9.32. The van der Waals surface area contributed by atoms with Gasteiger partial charge in [0.25, 0.3) is 0 Å². The van der Waals surface area contributed by atoms with Crippen LogP contribution in [0.1, 0.15) is 11.1 Å². The van der Waals surface area contributed by atoms with E-state index in [-0.39, 0.29) is 6.61 Å². The molecule has 16 heavy (non-hydrogen) atoms. The molecule has 1 N–H and O–H groups in total. The number of carboxylic acid groups (broad SMARTS) is 1. The average Bonchev–Trinajstić information content (AvgIpc) is 2.29. The first-order valence-corrected chi connectivity index (χ1v) is 5.15. The summed E-state index contributed by atoms with van der Waals surface area (Å²) in [6.07, 6.45) is 0.523. The number of fused-ring (bicyclic) bond motifs is 1. The highest BCUT2D eigenvalue weighted by Crippen LogP contribution is 2.35. The lowest BCUT2D eigenvalue weighted by Gasteiger charge is -2.24. The normalized spacial score (nSPS) is 18.5. The molecular formula is C12H14O4. The monoisotopic (exact) mass is 222 g/mol. The Hall–Kier alpha value is -1.71. The maximum absolute atomic E-state index is 10.9. The van der Waals surface area contributed by atoms with Crippen molar-refractivity contribution in [3.8, 4) is 11.5 Å². The van der Waals surface area contributed by atoms with Crippen molar-refractivity contribution in [3.05, 3.63) is 23.3 Å². The van der Waals surface area contributed by atoms with E-state index in [1.165, 1.54) is 0 Å². The predicted octanol–water partition coefficient (Wildman–Crippen LogP) is 1.64. The van der Waals surface area contributed by atoms with Gasteiger partial charge in [-0.1, -0.05) is 6.07 Å². The molecule has 0 spiro atoms. The summed E-state index contributed by atoms with van der Waals surface area (Å²) in [5.74, 6) is 0.295. The highest BCUT2D eigenvalue weighted by atomic mass is 16.5. The van der Waals surface area contributed by atoms with Crippen LogP contribution in [0.3, 0.4) is 0 Å². The first kappa shape index (κ1) is 10.8. The van der Waals surface area contributed by atoms with Gasteiger partial charge in [0.15, 0.2) is 0 Å². The van der Waals surface area contributed by atoms with Crippen molar-refractivity contribution in [2.24, 2.45) is 5.92 Å². The van der Waals surface area contributed by atoms with Crippen LogP contribution in [0, 0.1) is 12.8 Å². The molecule has 1 aliphatic heterocycles. The summed E-state index contributed by atoms with van der Waals surface area (Å²) in [5.41, 5.74) is 1.88. The summed E-state index contributed by atoms with van der Waals surface area (Å²) in [6.45, 7) is 2.15. The molecule has 0 fully saturated rings. The highest BCUT2D eigenvalue weighted by Gasteiger charge is 2.27. The Bertz CT molecular complexity index is 425. The highest BCUT2D eigenvalue weighted by molar-refractivity contribution is 5.71. The van der Waals surface area contributed by atoms with Crippen molar-refractivity contribution in [3.63, 3.8) is 0 Å². The van der Waals surface area contributed by atoms with Crippen LogP contribution in [0.25, 0.3) is 0 Å². The minimum atomic E-state index is -0.806. The van der Waals surface area contributed by atoms with Gasteiger partial charge in [-0.2, -0.15) is 0 Å². The Labute approximate surface area is 93.8 Å². The van der Waals surface area contributed by atoms with E-state index < -0.39 is 11.9 Å². The van der Waals surface area contributed by atoms with E-state index in [0.29, 0.717) is 6.42 Å². The molecule has 1 heterocycles. The SMILES string of the molecule is COc1ccc2c(c1C)OCC(C(=O)O)C2. The van der Waals surface area contributed by atoms with Crippen LogP contribution < -0.4 is 9.47 Å². The van der Waals surface area contributed by atoms with Gasteiger partial charge in [-0.15, -0.1) is 0 Å². The number of hydrogen-bond donors (Lipinski definition) is 1. The lowest BCUT2D eigenvalue weighted by atomic mass is 9.95. The molecule has 0 saturated heterocycles. The molecule has 1 atom stereocenters. The maximum Gasteiger partial charge on any atom is 0.310 e. The fraction of sp³-hybridized carbons (Fsp3) is 0.417. The summed E-state index contributed by atoms with van der Waals surface area (Å²) in [6, 6.07) is 3.72. The summed E-state index contributed by atoms with van der Waals surface area (Å²) < 4.78 is 10.7. The third-order valence-electron chi connectivity index (χ3n) is 2.90. The minimum Gasteiger partial charge on any atom is -0.496 e. The quantitative estimate of drug-likeness (QED) is 0.826. The van der Waals surface area contributed by atoms with Crippen molar-refractivity contribution in [2.45, 2.75) is 13.3 Å². The lowest BCUT2D eigenvalue weighted by Crippen LogP contribution is -2.28. The van der Waals surface area contributed by atoms with Gasteiger partial charge >= 0.3 is 5.97 Å². The third-order valence-corrected chi connectivity index (χ3v) is 2.90. The van der Waals surface area contributed by atoms with Gasteiger partial charge in [0.05, 0.1) is 13.0 Å². The van der Waals surface area contributed by atoms with Gasteiger partial charge in [-0.3, -0.25) is 4.79 Å². The van der Waals surface area contributed by atoms with Gasteiger partial charge in [0.1, 0.15) is 18.1 Å². The number of rotatable bonds is 2. The Balaban J connectivity index is 2.35. The van der Waals surface area contributed by atoms with Crippen molar-refractivity contribution in [1.29, 1.82) is 0 Å². The van der Waals surface area contributed by atoms with Crippen LogP contribution >= 0.6 is 0 Å². The van der Waals surface area contributed by atoms with E-state index in [0.717, 1.165) is 22.6 Å². The molecule has 0 amide bonds. The van der Waals surface area contributed by atoms with Crippen LogP contribution in [0.15, 0.2) is 12.1 Å². The summed E-state index contributed by atoms with van der Waals surface area (Å²) >= 11 is 0. The van der Waals surface area contributed by atoms with Gasteiger partial charge in [0.2, 0.25) is 0 Å². The zero-order valence-electron chi connectivity index (χ0n) is 9.32. The maximum atomic E-state index is 10.9. The molecule has 2 rings (SSSR count).